The van der Waals surface area contributed by atoms with E-state index in [1.54, 1.807) is 0 Å². The van der Waals surface area contributed by atoms with Crippen molar-refractivity contribution in [2.45, 2.75) is 5.92 Å². The van der Waals surface area contributed by atoms with Gasteiger partial charge in [-0.25, -0.2) is 0 Å². The van der Waals surface area contributed by atoms with Crippen LogP contribution in [0.3, 0.4) is 0 Å². The third-order valence-corrected chi connectivity index (χ3v) is 2.61. The normalized spacial score (nSPS) is 18.8. The highest BCUT2D eigenvalue weighted by molar-refractivity contribution is 7.75. The Hall–Kier alpha value is -1.09. The van der Waals surface area contributed by atoms with E-state index in [1.165, 1.54) is 11.3 Å². The molecule has 0 saturated carbocycles. The van der Waals surface area contributed by atoms with Crippen LogP contribution in [0.2, 0.25) is 0 Å². The monoisotopic (exact) mass is 207 g/mol. The largest absolute Gasteiger partial charge is 0.433 e. The van der Waals surface area contributed by atoms with Crippen LogP contribution in [0.15, 0.2) is 36.1 Å². The standard InChI is InChI=1S/C11H13NOS/c1-12(2)9-5-3-8(4-6-9)10-7-11(10)13-14/h3-7,10,14H,1-2H3. The minimum absolute atomic E-state index is 0.351. The Morgan fingerprint density at radius 2 is 1.86 bits per heavy atom. The number of hydrogen-bond acceptors (Lipinski definition) is 3. The third kappa shape index (κ3) is 1.73. The number of nitrogens with zero attached hydrogens (tertiary/aromatic N) is 1. The van der Waals surface area contributed by atoms with Gasteiger partial charge in [-0.1, -0.05) is 12.1 Å². The molecular weight excluding hydrogens is 194 g/mol. The average molecular weight is 207 g/mol. The van der Waals surface area contributed by atoms with E-state index < -0.39 is 0 Å². The Balaban J connectivity index is 2.09. The van der Waals surface area contributed by atoms with Gasteiger partial charge in [-0.2, -0.15) is 0 Å². The molecule has 1 aliphatic rings. The van der Waals surface area contributed by atoms with Gasteiger partial charge in [-0.3, -0.25) is 0 Å². The molecule has 2 rings (SSSR count). The molecule has 0 saturated heterocycles. The van der Waals surface area contributed by atoms with Crippen LogP contribution in [0, 0.1) is 0 Å². The van der Waals surface area contributed by atoms with Gasteiger partial charge >= 0.3 is 0 Å². The molecule has 0 bridgehead atoms. The summed E-state index contributed by atoms with van der Waals surface area (Å²) < 4.78 is 4.85. The molecule has 2 nitrogen and oxygen atoms in total. The maximum atomic E-state index is 4.85. The second-order valence-electron chi connectivity index (χ2n) is 3.62. The first-order valence-corrected chi connectivity index (χ1v) is 4.89. The Morgan fingerprint density at radius 3 is 2.29 bits per heavy atom. The van der Waals surface area contributed by atoms with Crippen LogP contribution >= 0.6 is 12.9 Å². The van der Waals surface area contributed by atoms with E-state index in [1.807, 2.05) is 14.1 Å². The number of thiol groups is 1. The first kappa shape index (κ1) is 9.46. The molecule has 74 valence electrons. The Kier molecular flexibility index (Phi) is 2.42. The van der Waals surface area contributed by atoms with Crippen molar-refractivity contribution in [1.29, 1.82) is 0 Å². The molecule has 14 heavy (non-hydrogen) atoms. The molecule has 1 atom stereocenters. The molecule has 1 aliphatic carbocycles. The van der Waals surface area contributed by atoms with E-state index >= 15 is 0 Å². The number of hydrogen-bond donors (Lipinski definition) is 1. The number of allylic oxidation sites excluding steroid dienone is 2. The van der Waals surface area contributed by atoms with Gasteiger partial charge in [0.2, 0.25) is 0 Å². The summed E-state index contributed by atoms with van der Waals surface area (Å²) >= 11 is 3.76. The Bertz CT molecular complexity index is 356. The van der Waals surface area contributed by atoms with E-state index in [4.69, 9.17) is 4.18 Å². The first-order valence-electron chi connectivity index (χ1n) is 4.53. The average Bonchev–Trinajstić information content (AvgIpc) is 2.97. The fraction of sp³-hybridized carbons (Fsp3) is 0.273. The lowest BCUT2D eigenvalue weighted by atomic mass is 10.1. The van der Waals surface area contributed by atoms with Gasteiger partial charge in [0.25, 0.3) is 0 Å². The summed E-state index contributed by atoms with van der Waals surface area (Å²) in [5, 5.41) is 0. The van der Waals surface area contributed by atoms with Crippen molar-refractivity contribution in [1.82, 2.24) is 0 Å². The smallest absolute Gasteiger partial charge is 0.122 e. The topological polar surface area (TPSA) is 12.5 Å². The highest BCUT2D eigenvalue weighted by Crippen LogP contribution is 2.40. The van der Waals surface area contributed by atoms with Crippen LogP contribution in [-0.4, -0.2) is 14.1 Å². The van der Waals surface area contributed by atoms with E-state index in [0.29, 0.717) is 5.92 Å². The maximum absolute atomic E-state index is 4.85. The SMILES string of the molecule is CN(C)c1ccc(C2C=C2OS)cc1. The molecule has 0 heterocycles. The maximum Gasteiger partial charge on any atom is 0.122 e. The second-order valence-corrected chi connectivity index (χ2v) is 3.81. The molecule has 0 spiro atoms. The number of rotatable bonds is 3. The van der Waals surface area contributed by atoms with Crippen LogP contribution in [0.5, 0.6) is 0 Å². The minimum Gasteiger partial charge on any atom is -0.433 e. The van der Waals surface area contributed by atoms with Crippen LogP contribution < -0.4 is 4.90 Å². The molecule has 0 aliphatic heterocycles. The zero-order valence-electron chi connectivity index (χ0n) is 8.27. The van der Waals surface area contributed by atoms with Crippen LogP contribution in [0.25, 0.3) is 0 Å². The van der Waals surface area contributed by atoms with E-state index in [-0.39, 0.29) is 0 Å². The summed E-state index contributed by atoms with van der Waals surface area (Å²) in [4.78, 5) is 2.08. The molecule has 0 N–H and O–H groups in total. The van der Waals surface area contributed by atoms with Crippen molar-refractivity contribution in [2.24, 2.45) is 0 Å². The number of benzene rings is 1. The molecule has 0 amide bonds. The van der Waals surface area contributed by atoms with E-state index in [9.17, 15) is 0 Å². The molecule has 3 heteroatoms. The summed E-state index contributed by atoms with van der Waals surface area (Å²) in [5.41, 5.74) is 2.47. The molecular formula is C11H13NOS. The zero-order chi connectivity index (χ0) is 10.1. The van der Waals surface area contributed by atoms with E-state index in [0.717, 1.165) is 5.76 Å². The van der Waals surface area contributed by atoms with Crippen LogP contribution in [-0.2, 0) is 4.18 Å². The Morgan fingerprint density at radius 1 is 1.21 bits per heavy atom. The predicted octanol–water partition coefficient (Wildman–Crippen LogP) is 2.60. The third-order valence-electron chi connectivity index (χ3n) is 2.40. The molecule has 0 radical (unpaired) electrons. The molecule has 0 aromatic heterocycles. The molecule has 1 aromatic rings. The molecule has 0 fully saturated rings. The van der Waals surface area contributed by atoms with Gasteiger partial charge in [-0.05, 0) is 23.8 Å². The lowest BCUT2D eigenvalue weighted by Gasteiger charge is -2.12. The van der Waals surface area contributed by atoms with Gasteiger partial charge in [-0.15, -0.1) is 0 Å². The van der Waals surface area contributed by atoms with Crippen molar-refractivity contribution in [2.75, 3.05) is 19.0 Å². The number of anilines is 1. The van der Waals surface area contributed by atoms with Gasteiger partial charge in [0, 0.05) is 32.7 Å². The fourth-order valence-electron chi connectivity index (χ4n) is 1.44. The van der Waals surface area contributed by atoms with Gasteiger partial charge in [0.1, 0.15) is 5.76 Å². The first-order chi connectivity index (χ1) is 6.72. The van der Waals surface area contributed by atoms with Crippen molar-refractivity contribution < 1.29 is 4.18 Å². The fourth-order valence-corrected chi connectivity index (χ4v) is 1.62. The lowest BCUT2D eigenvalue weighted by molar-refractivity contribution is 0.524. The van der Waals surface area contributed by atoms with Crippen LogP contribution in [0.1, 0.15) is 11.5 Å². The minimum atomic E-state index is 0.351. The zero-order valence-corrected chi connectivity index (χ0v) is 9.16. The summed E-state index contributed by atoms with van der Waals surface area (Å²) in [6.07, 6.45) is 2.05. The lowest BCUT2D eigenvalue weighted by Crippen LogP contribution is -2.08. The predicted molar refractivity (Wildman–Crippen MR) is 61.7 cm³/mol. The van der Waals surface area contributed by atoms with Crippen molar-refractivity contribution in [3.05, 3.63) is 41.7 Å². The van der Waals surface area contributed by atoms with Gasteiger partial charge in [0.15, 0.2) is 0 Å². The van der Waals surface area contributed by atoms with Crippen molar-refractivity contribution >= 4 is 18.6 Å². The highest BCUT2D eigenvalue weighted by atomic mass is 32.1. The molecule has 1 aromatic carbocycles. The van der Waals surface area contributed by atoms with Crippen molar-refractivity contribution in [3.8, 4) is 0 Å². The van der Waals surface area contributed by atoms with E-state index in [2.05, 4.69) is 48.2 Å². The van der Waals surface area contributed by atoms with Crippen molar-refractivity contribution in [3.63, 3.8) is 0 Å². The van der Waals surface area contributed by atoms with Gasteiger partial charge in [0.05, 0.1) is 5.92 Å². The summed E-state index contributed by atoms with van der Waals surface area (Å²) in [5.74, 6) is 1.30. The van der Waals surface area contributed by atoms with Gasteiger partial charge < -0.3 is 9.08 Å². The Labute approximate surface area is 89.8 Å². The summed E-state index contributed by atoms with van der Waals surface area (Å²) in [6.45, 7) is 0. The summed E-state index contributed by atoms with van der Waals surface area (Å²) in [7, 11) is 4.07. The quantitative estimate of drug-likeness (QED) is 0.604. The molecule has 1 unspecified atom stereocenters. The van der Waals surface area contributed by atoms with Crippen LogP contribution in [0.4, 0.5) is 5.69 Å². The second kappa shape index (κ2) is 3.58. The highest BCUT2D eigenvalue weighted by Gasteiger charge is 2.28. The summed E-state index contributed by atoms with van der Waals surface area (Å²) in [6, 6.07) is 8.46.